The van der Waals surface area contributed by atoms with Gasteiger partial charge in [-0.15, -0.1) is 0 Å². The largest absolute Gasteiger partial charge is 0.489 e. The molecule has 1 aliphatic heterocycles. The molecule has 2 heterocycles. The molecule has 2 atom stereocenters. The van der Waals surface area contributed by atoms with Gasteiger partial charge in [0.25, 0.3) is 0 Å². The number of aromatic nitrogens is 1. The van der Waals surface area contributed by atoms with E-state index in [0.717, 1.165) is 5.56 Å². The topological polar surface area (TPSA) is 63.7 Å². The van der Waals surface area contributed by atoms with Gasteiger partial charge in [0.2, 0.25) is 0 Å². The summed E-state index contributed by atoms with van der Waals surface area (Å²) in [5.41, 5.74) is 1.70. The molecule has 0 bridgehead atoms. The first kappa shape index (κ1) is 17.2. The molecular weight excluding hydrogens is 318 g/mol. The summed E-state index contributed by atoms with van der Waals surface area (Å²) in [7, 11) is 0. The molecule has 1 N–H and O–H groups in total. The van der Waals surface area contributed by atoms with E-state index in [2.05, 4.69) is 10.3 Å². The van der Waals surface area contributed by atoms with E-state index in [-0.39, 0.29) is 18.2 Å². The number of nitrogens with zero attached hydrogens (tertiary/aromatic N) is 2. The van der Waals surface area contributed by atoms with Crippen molar-refractivity contribution in [2.75, 3.05) is 18.4 Å². The Morgan fingerprint density at radius 2 is 2.08 bits per heavy atom. The first-order chi connectivity index (χ1) is 12.1. The quantitative estimate of drug-likeness (QED) is 0.927. The van der Waals surface area contributed by atoms with Crippen LogP contribution in [0.3, 0.4) is 0 Å². The Kier molecular flexibility index (Phi) is 5.50. The predicted octanol–water partition coefficient (Wildman–Crippen LogP) is 3.30. The summed E-state index contributed by atoms with van der Waals surface area (Å²) in [6, 6.07) is 11.1. The van der Waals surface area contributed by atoms with Crippen LogP contribution in [0.2, 0.25) is 0 Å². The van der Waals surface area contributed by atoms with E-state index >= 15 is 0 Å². The van der Waals surface area contributed by atoms with E-state index in [1.165, 1.54) is 0 Å². The Bertz CT molecular complexity index is 698. The van der Waals surface area contributed by atoms with E-state index < -0.39 is 0 Å². The molecule has 0 aliphatic carbocycles. The first-order valence-corrected chi connectivity index (χ1v) is 8.43. The van der Waals surface area contributed by atoms with E-state index in [9.17, 15) is 4.79 Å². The van der Waals surface area contributed by atoms with Gasteiger partial charge in [-0.3, -0.25) is 4.98 Å². The van der Waals surface area contributed by atoms with Crippen LogP contribution >= 0.6 is 0 Å². The summed E-state index contributed by atoms with van der Waals surface area (Å²) < 4.78 is 11.4. The van der Waals surface area contributed by atoms with Gasteiger partial charge in [0.1, 0.15) is 12.4 Å². The highest BCUT2D eigenvalue weighted by molar-refractivity contribution is 5.89. The number of hydrogen-bond acceptors (Lipinski definition) is 4. The number of morpholine rings is 1. The minimum absolute atomic E-state index is 0.0450. The molecule has 6 nitrogen and oxygen atoms in total. The molecule has 1 fully saturated rings. The summed E-state index contributed by atoms with van der Waals surface area (Å²) in [5, 5.41) is 2.93. The lowest BCUT2D eigenvalue weighted by Gasteiger charge is -2.35. The third-order valence-corrected chi connectivity index (χ3v) is 3.92. The molecule has 25 heavy (non-hydrogen) atoms. The second kappa shape index (κ2) is 7.98. The number of benzene rings is 1. The van der Waals surface area contributed by atoms with Crippen LogP contribution in [-0.2, 0) is 11.3 Å². The first-order valence-electron chi connectivity index (χ1n) is 8.43. The van der Waals surface area contributed by atoms with Gasteiger partial charge in [0.05, 0.1) is 12.2 Å². The smallest absolute Gasteiger partial charge is 0.322 e. The van der Waals surface area contributed by atoms with Crippen LogP contribution in [0.25, 0.3) is 0 Å². The summed E-state index contributed by atoms with van der Waals surface area (Å²) >= 11 is 0. The third-order valence-electron chi connectivity index (χ3n) is 3.92. The molecule has 1 saturated heterocycles. The second-order valence-corrected chi connectivity index (χ2v) is 6.27. The second-order valence-electron chi connectivity index (χ2n) is 6.27. The van der Waals surface area contributed by atoms with Crippen LogP contribution < -0.4 is 10.1 Å². The fourth-order valence-electron chi connectivity index (χ4n) is 2.86. The fourth-order valence-corrected chi connectivity index (χ4v) is 2.86. The van der Waals surface area contributed by atoms with Gasteiger partial charge in [-0.25, -0.2) is 4.79 Å². The van der Waals surface area contributed by atoms with Crippen LogP contribution in [-0.4, -0.2) is 41.2 Å². The van der Waals surface area contributed by atoms with Gasteiger partial charge in [-0.05, 0) is 32.0 Å². The number of urea groups is 1. The van der Waals surface area contributed by atoms with Crippen molar-refractivity contribution in [3.05, 3.63) is 54.4 Å². The Labute approximate surface area is 147 Å². The van der Waals surface area contributed by atoms with Gasteiger partial charge in [0.15, 0.2) is 0 Å². The van der Waals surface area contributed by atoms with Gasteiger partial charge < -0.3 is 19.7 Å². The fraction of sp³-hybridized carbons (Fsp3) is 0.368. The predicted molar refractivity (Wildman–Crippen MR) is 95.6 cm³/mol. The van der Waals surface area contributed by atoms with Crippen molar-refractivity contribution < 1.29 is 14.3 Å². The lowest BCUT2D eigenvalue weighted by Crippen LogP contribution is -2.49. The van der Waals surface area contributed by atoms with Gasteiger partial charge in [-0.1, -0.05) is 12.1 Å². The maximum atomic E-state index is 12.5. The van der Waals surface area contributed by atoms with Crippen LogP contribution in [0.5, 0.6) is 5.75 Å². The van der Waals surface area contributed by atoms with E-state index in [4.69, 9.17) is 9.47 Å². The minimum Gasteiger partial charge on any atom is -0.489 e. The molecule has 6 heteroatoms. The summed E-state index contributed by atoms with van der Waals surface area (Å²) in [5.74, 6) is 0.699. The van der Waals surface area contributed by atoms with Crippen molar-refractivity contribution in [3.63, 3.8) is 0 Å². The highest BCUT2D eigenvalue weighted by atomic mass is 16.5. The number of hydrogen-bond donors (Lipinski definition) is 1. The van der Waals surface area contributed by atoms with Crippen LogP contribution in [0.4, 0.5) is 10.5 Å². The third kappa shape index (κ3) is 4.93. The van der Waals surface area contributed by atoms with Crippen molar-refractivity contribution in [3.8, 4) is 5.75 Å². The maximum Gasteiger partial charge on any atom is 0.322 e. The van der Waals surface area contributed by atoms with E-state index in [0.29, 0.717) is 31.1 Å². The highest BCUT2D eigenvalue weighted by Gasteiger charge is 2.25. The average molecular weight is 341 g/mol. The number of anilines is 1. The number of ether oxygens (including phenoxy) is 2. The van der Waals surface area contributed by atoms with E-state index in [1.54, 1.807) is 17.3 Å². The Morgan fingerprint density at radius 1 is 1.28 bits per heavy atom. The molecule has 0 radical (unpaired) electrons. The lowest BCUT2D eigenvalue weighted by molar-refractivity contribution is -0.0530. The molecule has 2 aromatic rings. The Morgan fingerprint density at radius 3 is 2.80 bits per heavy atom. The van der Waals surface area contributed by atoms with Crippen molar-refractivity contribution in [1.82, 2.24) is 9.88 Å². The van der Waals surface area contributed by atoms with Gasteiger partial charge in [0, 0.05) is 42.8 Å². The molecular formula is C19H23N3O3. The molecule has 1 aliphatic rings. The molecule has 2 amide bonds. The van der Waals surface area contributed by atoms with Crippen molar-refractivity contribution in [2.45, 2.75) is 32.7 Å². The van der Waals surface area contributed by atoms with Crippen LogP contribution in [0.1, 0.15) is 19.4 Å². The Balaban J connectivity index is 1.58. The van der Waals surface area contributed by atoms with Gasteiger partial charge in [-0.2, -0.15) is 0 Å². The number of rotatable bonds is 4. The number of carbonyl (C=O) groups excluding carboxylic acids is 1. The summed E-state index contributed by atoms with van der Waals surface area (Å²) in [6.45, 7) is 5.57. The molecule has 0 unspecified atom stereocenters. The molecule has 0 spiro atoms. The molecule has 132 valence electrons. The van der Waals surface area contributed by atoms with Crippen LogP contribution in [0.15, 0.2) is 48.8 Å². The van der Waals surface area contributed by atoms with Gasteiger partial charge >= 0.3 is 6.03 Å². The van der Waals surface area contributed by atoms with Crippen molar-refractivity contribution >= 4 is 11.7 Å². The standard InChI is InChI=1S/C19H23N3O3/c1-14-11-22(12-15(2)25-14)19(23)21-17-6-3-7-18(9-17)24-13-16-5-4-8-20-10-16/h3-10,14-15H,11-13H2,1-2H3,(H,21,23)/t14-,15+. The van der Waals surface area contributed by atoms with Crippen molar-refractivity contribution in [1.29, 1.82) is 0 Å². The average Bonchev–Trinajstić information content (AvgIpc) is 2.60. The maximum absolute atomic E-state index is 12.5. The molecule has 0 saturated carbocycles. The summed E-state index contributed by atoms with van der Waals surface area (Å²) in [4.78, 5) is 18.3. The normalized spacial score (nSPS) is 20.2. The molecule has 1 aromatic heterocycles. The number of nitrogens with one attached hydrogen (secondary N) is 1. The Hall–Kier alpha value is -2.60. The van der Waals surface area contributed by atoms with Crippen molar-refractivity contribution in [2.24, 2.45) is 0 Å². The monoisotopic (exact) mass is 341 g/mol. The zero-order valence-electron chi connectivity index (χ0n) is 14.5. The SMILES string of the molecule is C[C@@H]1CN(C(=O)Nc2cccc(OCc3cccnc3)c2)C[C@H](C)O1. The summed E-state index contributed by atoms with van der Waals surface area (Å²) in [6.07, 6.45) is 3.59. The molecule has 1 aromatic carbocycles. The molecule has 3 rings (SSSR count). The minimum atomic E-state index is -0.119. The lowest BCUT2D eigenvalue weighted by atomic mass is 10.2. The zero-order valence-corrected chi connectivity index (χ0v) is 14.5. The van der Waals surface area contributed by atoms with Crippen LogP contribution in [0, 0.1) is 0 Å². The number of carbonyl (C=O) groups is 1. The highest BCUT2D eigenvalue weighted by Crippen LogP contribution is 2.20. The zero-order chi connectivity index (χ0) is 17.6. The van der Waals surface area contributed by atoms with E-state index in [1.807, 2.05) is 50.2 Å². The number of pyridine rings is 1. The number of amides is 2.